The fraction of sp³-hybridized carbons (Fsp3) is 0.591. The van der Waals surface area contributed by atoms with E-state index in [1.165, 1.54) is 64.2 Å². The number of carbonyl (C=O) groups is 2. The van der Waals surface area contributed by atoms with Crippen molar-refractivity contribution in [2.24, 2.45) is 5.92 Å². The molecule has 52 heavy (non-hydrogen) atoms. The minimum atomic E-state index is -0.670. The minimum Gasteiger partial charge on any atom is -1.00 e. The lowest BCUT2D eigenvalue weighted by molar-refractivity contribution is -1.11. The molecule has 300 valence electrons. The molecule has 0 saturated heterocycles. The molecule has 0 fully saturated rings. The molecular weight excluding hydrogens is 687 g/mol. The van der Waals surface area contributed by atoms with Gasteiger partial charge < -0.3 is 34.6 Å². The smallest absolute Gasteiger partial charge is 0.235 e. The van der Waals surface area contributed by atoms with Gasteiger partial charge in [0.2, 0.25) is 18.0 Å². The normalized spacial score (nSPS) is 10.3. The highest BCUT2D eigenvalue weighted by atomic mass is 35.5. The number of rotatable bonds is 34. The maximum absolute atomic E-state index is 13.0. The number of hydrogen-bond donors (Lipinski definition) is 2. The molecule has 0 aliphatic carbocycles. The number of quaternary nitrogens is 2. The van der Waals surface area contributed by atoms with E-state index in [2.05, 4.69) is 66.5 Å². The third kappa shape index (κ3) is 27.0. The number of nitrogens with zero attached hydrogens (tertiary/aromatic N) is 2. The van der Waals surface area contributed by atoms with Crippen molar-refractivity contribution in [1.82, 2.24) is 9.80 Å². The average molecular weight is 766 g/mol. The Kier molecular flexibility index (Phi) is 44.4. The van der Waals surface area contributed by atoms with Gasteiger partial charge in [-0.25, -0.2) is 0 Å². The predicted molar refractivity (Wildman–Crippen MR) is 219 cm³/mol. The van der Waals surface area contributed by atoms with Crippen LogP contribution in [0.3, 0.4) is 0 Å². The van der Waals surface area contributed by atoms with Crippen molar-refractivity contribution in [2.75, 3.05) is 52.4 Å². The second-order valence-electron chi connectivity index (χ2n) is 13.1. The van der Waals surface area contributed by atoms with E-state index in [4.69, 9.17) is 0 Å². The number of halogens is 2. The lowest BCUT2D eigenvalue weighted by Crippen LogP contribution is -3.35. The van der Waals surface area contributed by atoms with Crippen LogP contribution in [0.25, 0.3) is 0 Å². The molecular formula is C44H78Cl2N4O2. The van der Waals surface area contributed by atoms with Gasteiger partial charge in [-0.15, -0.1) is 26.3 Å². The lowest BCUT2D eigenvalue weighted by Gasteiger charge is -2.32. The zero-order chi connectivity index (χ0) is 37.8. The molecule has 0 atom stereocenters. The average Bonchev–Trinajstić information content (AvgIpc) is 3.10. The Balaban J connectivity index is -0.000000428. The van der Waals surface area contributed by atoms with Gasteiger partial charge in [-0.05, 0) is 37.1 Å². The summed E-state index contributed by atoms with van der Waals surface area (Å²) in [6, 6.07) is 0. The number of unbranched alkanes of at least 4 members (excludes halogenated alkanes) is 10. The fourth-order valence-corrected chi connectivity index (χ4v) is 6.36. The molecule has 8 heteroatoms. The Hall–Kier alpha value is -2.64. The van der Waals surface area contributed by atoms with Crippen molar-refractivity contribution >= 4 is 11.8 Å². The van der Waals surface area contributed by atoms with Crippen LogP contribution >= 0.6 is 0 Å². The molecule has 0 heterocycles. The highest BCUT2D eigenvalue weighted by Crippen LogP contribution is 2.18. The van der Waals surface area contributed by atoms with Gasteiger partial charge in [0.05, 0.1) is 6.42 Å². The first kappa shape index (κ1) is 56.1. The van der Waals surface area contributed by atoms with Crippen LogP contribution in [0.1, 0.15) is 104 Å². The molecule has 0 aromatic rings. The van der Waals surface area contributed by atoms with Crippen molar-refractivity contribution in [3.8, 4) is 0 Å². The molecule has 0 spiro atoms. The number of nitrogens with one attached hydrogen (secondary N) is 2. The SMILES string of the molecule is C=CCN(CC=C)C(=O)C(CCCCCCC)C(=O)N(CC=C)CC=C.C=CC[NH+](CC=C)C(CCCCCCCCC)[NH+](CC=C)CC=C.[Cl-].[Cl-]. The van der Waals surface area contributed by atoms with Crippen LogP contribution in [-0.2, 0) is 9.59 Å². The third-order valence-electron chi connectivity index (χ3n) is 8.92. The molecule has 6 nitrogen and oxygen atoms in total. The lowest BCUT2D eigenvalue weighted by atomic mass is 9.97. The molecule has 0 aromatic carbocycles. The zero-order valence-corrected chi connectivity index (χ0v) is 35.0. The standard InChI is InChI=1S/C22H36N2O2.C22H40N2.2ClH/c1-6-11-12-13-14-15-20(21(25)23(16-7-2)17-8-3)22(26)24(18-9-4)19-10-5;1-6-11-12-13-14-15-16-17-22(23(18-7-2)19-8-3)24(20-9-4)21-10-5;;/h7-10,20H,2-6,11-19H2,1H3;7-10,22H,2-6,11-21H2,1H3;2*1H. The summed E-state index contributed by atoms with van der Waals surface area (Å²) >= 11 is 0. The molecule has 0 rings (SSSR count). The monoisotopic (exact) mass is 765 g/mol. The Morgan fingerprint density at radius 2 is 0.750 bits per heavy atom. The molecule has 0 saturated carbocycles. The van der Waals surface area contributed by atoms with Gasteiger partial charge in [0, 0.05) is 26.2 Å². The van der Waals surface area contributed by atoms with Gasteiger partial charge in [-0.2, -0.15) is 0 Å². The first-order chi connectivity index (χ1) is 24.3. The topological polar surface area (TPSA) is 49.5 Å². The number of hydrogen-bond acceptors (Lipinski definition) is 2. The van der Waals surface area contributed by atoms with Crippen LogP contribution in [0.4, 0.5) is 0 Å². The van der Waals surface area contributed by atoms with Gasteiger partial charge in [0.15, 0.2) is 0 Å². The second kappa shape index (κ2) is 41.1. The van der Waals surface area contributed by atoms with Crippen molar-refractivity contribution in [2.45, 2.75) is 110 Å². The van der Waals surface area contributed by atoms with E-state index in [1.54, 1.807) is 43.9 Å². The van der Waals surface area contributed by atoms with E-state index in [9.17, 15) is 9.59 Å². The van der Waals surface area contributed by atoms with Crippen molar-refractivity contribution < 1.29 is 44.2 Å². The third-order valence-corrected chi connectivity index (χ3v) is 8.92. The molecule has 0 aliphatic rings. The van der Waals surface area contributed by atoms with E-state index in [-0.39, 0.29) is 36.6 Å². The van der Waals surface area contributed by atoms with Crippen molar-refractivity contribution in [1.29, 1.82) is 0 Å². The Morgan fingerprint density at radius 3 is 1.04 bits per heavy atom. The molecule has 0 aliphatic heterocycles. The van der Waals surface area contributed by atoms with Crippen LogP contribution in [0.5, 0.6) is 0 Å². The highest BCUT2D eigenvalue weighted by Gasteiger charge is 2.32. The van der Waals surface area contributed by atoms with Gasteiger partial charge in [0.25, 0.3) is 0 Å². The van der Waals surface area contributed by atoms with Gasteiger partial charge in [0.1, 0.15) is 32.1 Å². The summed E-state index contributed by atoms with van der Waals surface area (Å²) in [6.07, 6.45) is 32.2. The van der Waals surface area contributed by atoms with E-state index >= 15 is 0 Å². The largest absolute Gasteiger partial charge is 1.00 e. The molecule has 0 bridgehead atoms. The van der Waals surface area contributed by atoms with E-state index in [1.807, 2.05) is 24.3 Å². The maximum Gasteiger partial charge on any atom is 0.235 e. The Bertz CT molecular complexity index is 870. The first-order valence-corrected chi connectivity index (χ1v) is 19.5. The zero-order valence-electron chi connectivity index (χ0n) is 33.5. The minimum absolute atomic E-state index is 0. The summed E-state index contributed by atoms with van der Waals surface area (Å²) in [5.41, 5.74) is 0. The van der Waals surface area contributed by atoms with Crippen LogP contribution in [0.2, 0.25) is 0 Å². The molecule has 2 amide bonds. The summed E-state index contributed by atoms with van der Waals surface area (Å²) in [4.78, 5) is 32.4. The summed E-state index contributed by atoms with van der Waals surface area (Å²) in [5.74, 6) is -0.969. The predicted octanol–water partition coefficient (Wildman–Crippen LogP) is 1.34. The van der Waals surface area contributed by atoms with Crippen LogP contribution in [0, 0.1) is 5.92 Å². The van der Waals surface area contributed by atoms with Crippen LogP contribution < -0.4 is 34.6 Å². The number of carbonyl (C=O) groups excluding carboxylic acids is 2. The van der Waals surface area contributed by atoms with Crippen LogP contribution in [0.15, 0.2) is 101 Å². The number of amides is 2. The van der Waals surface area contributed by atoms with Crippen LogP contribution in [-0.4, -0.2) is 80.1 Å². The Morgan fingerprint density at radius 1 is 0.462 bits per heavy atom. The van der Waals surface area contributed by atoms with Gasteiger partial charge in [-0.3, -0.25) is 19.4 Å². The van der Waals surface area contributed by atoms with Gasteiger partial charge >= 0.3 is 0 Å². The molecule has 0 radical (unpaired) electrons. The second-order valence-corrected chi connectivity index (χ2v) is 13.1. The highest BCUT2D eigenvalue weighted by molar-refractivity contribution is 6.00. The summed E-state index contributed by atoms with van der Waals surface area (Å²) in [6.45, 7) is 40.7. The fourth-order valence-electron chi connectivity index (χ4n) is 6.36. The maximum atomic E-state index is 13.0. The quantitative estimate of drug-likeness (QED) is 0.0451. The Labute approximate surface area is 334 Å². The van der Waals surface area contributed by atoms with Gasteiger partial charge in [-0.1, -0.05) is 135 Å². The molecule has 0 aromatic heterocycles. The first-order valence-electron chi connectivity index (χ1n) is 19.5. The van der Waals surface area contributed by atoms with Crippen molar-refractivity contribution in [3.63, 3.8) is 0 Å². The summed E-state index contributed by atoms with van der Waals surface area (Å²) in [5, 5.41) is 0. The van der Waals surface area contributed by atoms with Crippen molar-refractivity contribution in [3.05, 3.63) is 101 Å². The van der Waals surface area contributed by atoms with E-state index in [0.29, 0.717) is 38.8 Å². The molecule has 0 unspecified atom stereocenters. The van der Waals surface area contributed by atoms with E-state index in [0.717, 1.165) is 45.4 Å². The molecule has 2 N–H and O–H groups in total. The summed E-state index contributed by atoms with van der Waals surface area (Å²) < 4.78 is 0. The summed E-state index contributed by atoms with van der Waals surface area (Å²) in [7, 11) is 0. The van der Waals surface area contributed by atoms with E-state index < -0.39 is 5.92 Å².